The lowest BCUT2D eigenvalue weighted by Crippen LogP contribution is -2.04. The summed E-state index contributed by atoms with van der Waals surface area (Å²) in [6, 6.07) is 10.1. The number of benzene rings is 1. The maximum atomic E-state index is 12.5. The molecule has 0 fully saturated rings. The predicted molar refractivity (Wildman–Crippen MR) is 64.3 cm³/mol. The fourth-order valence-electron chi connectivity index (χ4n) is 1.91. The highest BCUT2D eigenvalue weighted by Gasteiger charge is 2.33. The number of hydrogen-bond acceptors (Lipinski definition) is 2. The second-order valence-corrected chi connectivity index (χ2v) is 4.05. The van der Waals surface area contributed by atoms with E-state index < -0.39 is 11.9 Å². The number of halogens is 3. The average Bonchev–Trinajstić information content (AvgIpc) is 2.87. The van der Waals surface area contributed by atoms with Gasteiger partial charge in [0.15, 0.2) is 0 Å². The van der Waals surface area contributed by atoms with E-state index in [1.165, 1.54) is 0 Å². The number of H-pyrrole nitrogens is 1. The molecule has 0 spiro atoms. The van der Waals surface area contributed by atoms with Crippen LogP contribution in [-0.2, 0) is 6.18 Å². The van der Waals surface area contributed by atoms with E-state index in [9.17, 15) is 13.2 Å². The van der Waals surface area contributed by atoms with Crippen molar-refractivity contribution in [3.8, 4) is 11.4 Å². The van der Waals surface area contributed by atoms with Gasteiger partial charge in [0, 0.05) is 11.6 Å². The standard InChI is InChI=1S/C13H8F3N3/c14-13(15,16)11-7-10(18-19-11)12-9-4-2-1-3-8(9)5-6-17-12/h1-7H,(H,18,19). The zero-order chi connectivity index (χ0) is 13.5. The molecule has 1 N–H and O–H groups in total. The molecule has 2 heterocycles. The number of pyridine rings is 1. The Morgan fingerprint density at radius 2 is 1.84 bits per heavy atom. The van der Waals surface area contributed by atoms with Gasteiger partial charge in [-0.1, -0.05) is 24.3 Å². The van der Waals surface area contributed by atoms with Crippen molar-refractivity contribution in [2.45, 2.75) is 6.18 Å². The molecule has 0 unspecified atom stereocenters. The minimum Gasteiger partial charge on any atom is -0.273 e. The van der Waals surface area contributed by atoms with Gasteiger partial charge < -0.3 is 0 Å². The average molecular weight is 263 g/mol. The minimum atomic E-state index is -4.43. The molecule has 3 nitrogen and oxygen atoms in total. The van der Waals surface area contributed by atoms with Gasteiger partial charge in [-0.2, -0.15) is 18.3 Å². The van der Waals surface area contributed by atoms with Crippen LogP contribution in [0, 0.1) is 0 Å². The van der Waals surface area contributed by atoms with Crippen LogP contribution in [0.15, 0.2) is 42.6 Å². The normalized spacial score (nSPS) is 11.9. The summed E-state index contributed by atoms with van der Waals surface area (Å²) < 4.78 is 37.6. The molecule has 96 valence electrons. The van der Waals surface area contributed by atoms with Crippen LogP contribution in [0.4, 0.5) is 13.2 Å². The fourth-order valence-corrected chi connectivity index (χ4v) is 1.91. The van der Waals surface area contributed by atoms with Crippen molar-refractivity contribution in [3.63, 3.8) is 0 Å². The van der Waals surface area contributed by atoms with Gasteiger partial charge in [0.05, 0.1) is 5.69 Å². The number of nitrogens with one attached hydrogen (secondary N) is 1. The molecule has 2 aromatic heterocycles. The summed E-state index contributed by atoms with van der Waals surface area (Å²) in [4.78, 5) is 4.12. The van der Waals surface area contributed by atoms with E-state index in [4.69, 9.17) is 0 Å². The predicted octanol–water partition coefficient (Wildman–Crippen LogP) is 3.64. The Morgan fingerprint density at radius 3 is 2.58 bits per heavy atom. The smallest absolute Gasteiger partial charge is 0.273 e. The first-order valence-corrected chi connectivity index (χ1v) is 5.52. The van der Waals surface area contributed by atoms with E-state index in [0.29, 0.717) is 5.69 Å². The molecule has 3 aromatic rings. The van der Waals surface area contributed by atoms with Crippen molar-refractivity contribution in [3.05, 3.63) is 48.3 Å². The third-order valence-corrected chi connectivity index (χ3v) is 2.80. The molecule has 0 aliphatic rings. The molecule has 0 atom stereocenters. The molecular formula is C13H8F3N3. The third kappa shape index (κ3) is 2.05. The summed E-state index contributed by atoms with van der Waals surface area (Å²) >= 11 is 0. The van der Waals surface area contributed by atoms with Crippen molar-refractivity contribution in [2.75, 3.05) is 0 Å². The lowest BCUT2D eigenvalue weighted by molar-refractivity contribution is -0.141. The highest BCUT2D eigenvalue weighted by atomic mass is 19.4. The minimum absolute atomic E-state index is 0.184. The highest BCUT2D eigenvalue weighted by molar-refractivity contribution is 5.93. The number of rotatable bonds is 1. The third-order valence-electron chi connectivity index (χ3n) is 2.80. The monoisotopic (exact) mass is 263 g/mol. The molecular weight excluding hydrogens is 255 g/mol. The van der Waals surface area contributed by atoms with Gasteiger partial charge in [-0.15, -0.1) is 0 Å². The lowest BCUT2D eigenvalue weighted by atomic mass is 10.1. The van der Waals surface area contributed by atoms with E-state index >= 15 is 0 Å². The first kappa shape index (κ1) is 11.7. The van der Waals surface area contributed by atoms with Crippen molar-refractivity contribution >= 4 is 10.8 Å². The van der Waals surface area contributed by atoms with Crippen LogP contribution in [0.5, 0.6) is 0 Å². The Labute approximate surface area is 106 Å². The quantitative estimate of drug-likeness (QED) is 0.728. The van der Waals surface area contributed by atoms with Crippen molar-refractivity contribution in [1.29, 1.82) is 0 Å². The second kappa shape index (κ2) is 4.08. The largest absolute Gasteiger partial charge is 0.432 e. The molecule has 0 radical (unpaired) electrons. The van der Waals surface area contributed by atoms with Crippen molar-refractivity contribution < 1.29 is 13.2 Å². The van der Waals surface area contributed by atoms with E-state index in [-0.39, 0.29) is 5.69 Å². The Kier molecular flexibility index (Phi) is 2.51. The van der Waals surface area contributed by atoms with Gasteiger partial charge in [0.25, 0.3) is 0 Å². The summed E-state index contributed by atoms with van der Waals surface area (Å²) in [5, 5.41) is 7.36. The van der Waals surface area contributed by atoms with Gasteiger partial charge in [-0.25, -0.2) is 0 Å². The lowest BCUT2D eigenvalue weighted by Gasteiger charge is -2.02. The first-order chi connectivity index (χ1) is 9.05. The number of hydrogen-bond donors (Lipinski definition) is 1. The summed E-state index contributed by atoms with van der Waals surface area (Å²) in [7, 11) is 0. The van der Waals surface area contributed by atoms with Crippen LogP contribution in [0.3, 0.4) is 0 Å². The molecule has 0 saturated heterocycles. The number of fused-ring (bicyclic) bond motifs is 1. The van der Waals surface area contributed by atoms with E-state index in [1.54, 1.807) is 18.3 Å². The van der Waals surface area contributed by atoms with Crippen LogP contribution in [0.2, 0.25) is 0 Å². The van der Waals surface area contributed by atoms with E-state index in [2.05, 4.69) is 10.1 Å². The van der Waals surface area contributed by atoms with Gasteiger partial charge in [-0.05, 0) is 17.5 Å². The molecule has 0 amide bonds. The molecule has 0 bridgehead atoms. The van der Waals surface area contributed by atoms with Gasteiger partial charge in [-0.3, -0.25) is 10.1 Å². The van der Waals surface area contributed by atoms with Crippen LogP contribution in [0.25, 0.3) is 22.2 Å². The SMILES string of the molecule is FC(F)(F)c1cc(-c2nccc3ccccc23)n[nH]1. The second-order valence-electron chi connectivity index (χ2n) is 4.05. The Morgan fingerprint density at radius 1 is 1.05 bits per heavy atom. The Bertz CT molecular complexity index is 726. The zero-order valence-corrected chi connectivity index (χ0v) is 9.57. The fraction of sp³-hybridized carbons (Fsp3) is 0.0769. The number of alkyl halides is 3. The van der Waals surface area contributed by atoms with Gasteiger partial charge in [0.2, 0.25) is 0 Å². The van der Waals surface area contributed by atoms with Crippen LogP contribution < -0.4 is 0 Å². The molecule has 3 rings (SSSR count). The molecule has 19 heavy (non-hydrogen) atoms. The van der Waals surface area contributed by atoms with E-state index in [0.717, 1.165) is 16.8 Å². The maximum Gasteiger partial charge on any atom is 0.432 e. The van der Waals surface area contributed by atoms with E-state index in [1.807, 2.05) is 23.3 Å². The topological polar surface area (TPSA) is 41.6 Å². The van der Waals surface area contributed by atoms with Gasteiger partial charge in [0.1, 0.15) is 11.4 Å². The summed E-state index contributed by atoms with van der Waals surface area (Å²) in [6.07, 6.45) is -2.88. The number of nitrogens with zero attached hydrogens (tertiary/aromatic N) is 2. The Hall–Kier alpha value is -2.37. The molecule has 6 heteroatoms. The maximum absolute atomic E-state index is 12.5. The highest BCUT2D eigenvalue weighted by Crippen LogP contribution is 2.31. The summed E-state index contributed by atoms with van der Waals surface area (Å²) in [5.74, 6) is 0. The Balaban J connectivity index is 2.17. The number of aromatic nitrogens is 3. The van der Waals surface area contributed by atoms with Crippen LogP contribution in [-0.4, -0.2) is 15.2 Å². The van der Waals surface area contributed by atoms with Crippen molar-refractivity contribution in [2.24, 2.45) is 0 Å². The first-order valence-electron chi connectivity index (χ1n) is 5.52. The molecule has 1 aromatic carbocycles. The summed E-state index contributed by atoms with van der Waals surface area (Å²) in [6.45, 7) is 0. The van der Waals surface area contributed by atoms with Gasteiger partial charge >= 0.3 is 6.18 Å². The van der Waals surface area contributed by atoms with Crippen molar-refractivity contribution in [1.82, 2.24) is 15.2 Å². The zero-order valence-electron chi connectivity index (χ0n) is 9.57. The van der Waals surface area contributed by atoms with Crippen LogP contribution in [0.1, 0.15) is 5.69 Å². The molecule has 0 aliphatic carbocycles. The number of aromatic amines is 1. The molecule has 0 saturated carbocycles. The molecule has 0 aliphatic heterocycles. The summed E-state index contributed by atoms with van der Waals surface area (Å²) in [5.41, 5.74) is -0.258. The van der Waals surface area contributed by atoms with Crippen LogP contribution >= 0.6 is 0 Å².